The molecular formula is C22H23F2N3O3. The number of hydrogen-bond acceptors (Lipinski definition) is 4. The molecule has 3 rings (SSSR count). The van der Waals surface area contributed by atoms with Crippen molar-refractivity contribution in [2.75, 3.05) is 0 Å². The van der Waals surface area contributed by atoms with Crippen LogP contribution in [0.3, 0.4) is 0 Å². The highest BCUT2D eigenvalue weighted by Crippen LogP contribution is 2.29. The molecule has 1 aromatic heterocycles. The van der Waals surface area contributed by atoms with Crippen LogP contribution in [0.25, 0.3) is 11.0 Å². The lowest BCUT2D eigenvalue weighted by atomic mass is 10.0. The van der Waals surface area contributed by atoms with E-state index in [9.17, 15) is 18.4 Å². The van der Waals surface area contributed by atoms with Crippen molar-refractivity contribution in [2.45, 2.75) is 45.9 Å². The molecule has 30 heavy (non-hydrogen) atoms. The number of amides is 1. The molecule has 0 bridgehead atoms. The van der Waals surface area contributed by atoms with E-state index in [4.69, 9.17) is 4.74 Å². The minimum atomic E-state index is -2.83. The van der Waals surface area contributed by atoms with Crippen LogP contribution in [-0.2, 0) is 14.3 Å². The Kier molecular flexibility index (Phi) is 6.44. The lowest BCUT2D eigenvalue weighted by Gasteiger charge is -2.20. The number of rotatable bonds is 7. The Labute approximate surface area is 172 Å². The molecule has 2 atom stereocenters. The number of esters is 1. The average Bonchev–Trinajstić information content (AvgIpc) is 3.07. The molecule has 158 valence electrons. The first-order chi connectivity index (χ1) is 14.3. The number of alkyl halides is 2. The molecule has 1 amide bonds. The second-order valence-electron chi connectivity index (χ2n) is 7.11. The third-order valence-corrected chi connectivity index (χ3v) is 4.72. The molecule has 6 nitrogen and oxygen atoms in total. The summed E-state index contributed by atoms with van der Waals surface area (Å²) < 4.78 is 33.4. The maximum absolute atomic E-state index is 13.6. The molecule has 0 aliphatic heterocycles. The number of carbonyl (C=O) groups is 2. The van der Waals surface area contributed by atoms with Crippen LogP contribution in [-0.4, -0.2) is 21.4 Å². The first kappa shape index (κ1) is 21.4. The molecule has 0 aliphatic carbocycles. The highest BCUT2D eigenvalue weighted by molar-refractivity contribution is 5.77. The summed E-state index contributed by atoms with van der Waals surface area (Å²) in [7, 11) is 0. The number of aromatic nitrogens is 2. The van der Waals surface area contributed by atoms with Gasteiger partial charge >= 0.3 is 12.5 Å². The van der Waals surface area contributed by atoms with Crippen molar-refractivity contribution in [3.8, 4) is 0 Å². The zero-order valence-corrected chi connectivity index (χ0v) is 16.9. The van der Waals surface area contributed by atoms with Gasteiger partial charge in [-0.25, -0.2) is 4.98 Å². The molecule has 0 aliphatic rings. The lowest BCUT2D eigenvalue weighted by Crippen LogP contribution is -2.29. The van der Waals surface area contributed by atoms with Gasteiger partial charge in [0, 0.05) is 6.92 Å². The van der Waals surface area contributed by atoms with Crippen LogP contribution in [0.5, 0.6) is 0 Å². The van der Waals surface area contributed by atoms with E-state index in [1.165, 1.54) is 19.9 Å². The van der Waals surface area contributed by atoms with Gasteiger partial charge in [-0.3, -0.25) is 14.2 Å². The summed E-state index contributed by atoms with van der Waals surface area (Å²) in [6.45, 7) is 1.97. The van der Waals surface area contributed by atoms with Crippen molar-refractivity contribution in [3.63, 3.8) is 0 Å². The highest BCUT2D eigenvalue weighted by atomic mass is 19.3. The standard InChI is InChI=1S/C22H23F2N3O3/c1-13-8-10-16(11-9-13)18(25-15(3)28)12-20(29)30-14(2)21-26-17-6-4-5-7-19(17)27(21)22(23)24/h4-11,14,18,22H,12H2,1-3H3,(H,25,28)/t14-,18+/m0/s1. The topological polar surface area (TPSA) is 73.2 Å². The van der Waals surface area contributed by atoms with Crippen molar-refractivity contribution >= 4 is 22.9 Å². The Hall–Kier alpha value is -3.29. The molecule has 0 saturated carbocycles. The zero-order chi connectivity index (χ0) is 21.8. The predicted molar refractivity (Wildman–Crippen MR) is 108 cm³/mol. The fourth-order valence-electron chi connectivity index (χ4n) is 3.32. The van der Waals surface area contributed by atoms with Gasteiger partial charge in [0.15, 0.2) is 11.9 Å². The molecule has 0 saturated heterocycles. The van der Waals surface area contributed by atoms with E-state index in [1.807, 2.05) is 31.2 Å². The number of nitrogens with one attached hydrogen (secondary N) is 1. The number of carbonyl (C=O) groups excluding carboxylic acids is 2. The second-order valence-corrected chi connectivity index (χ2v) is 7.11. The van der Waals surface area contributed by atoms with E-state index >= 15 is 0 Å². The minimum absolute atomic E-state index is 0.0361. The maximum Gasteiger partial charge on any atom is 0.320 e. The fourth-order valence-corrected chi connectivity index (χ4v) is 3.32. The van der Waals surface area contributed by atoms with Crippen LogP contribution in [0.2, 0.25) is 0 Å². The van der Waals surface area contributed by atoms with Gasteiger partial charge in [0.05, 0.1) is 23.5 Å². The Balaban J connectivity index is 1.79. The largest absolute Gasteiger partial charge is 0.454 e. The SMILES string of the molecule is CC(=O)N[C@H](CC(=O)O[C@@H](C)c1nc2ccccc2n1C(F)F)c1ccc(C)cc1. The Morgan fingerprint density at radius 3 is 2.43 bits per heavy atom. The number of para-hydroxylation sites is 2. The lowest BCUT2D eigenvalue weighted by molar-refractivity contribution is -0.150. The molecular weight excluding hydrogens is 392 g/mol. The first-order valence-electron chi connectivity index (χ1n) is 9.54. The van der Waals surface area contributed by atoms with Crippen LogP contribution in [0, 0.1) is 6.92 Å². The molecule has 2 aromatic carbocycles. The number of nitrogens with zero attached hydrogens (tertiary/aromatic N) is 2. The van der Waals surface area contributed by atoms with Crippen LogP contribution < -0.4 is 5.32 Å². The van der Waals surface area contributed by atoms with Crippen LogP contribution >= 0.6 is 0 Å². The van der Waals surface area contributed by atoms with E-state index in [1.54, 1.807) is 18.2 Å². The average molecular weight is 415 g/mol. The van der Waals surface area contributed by atoms with Crippen molar-refractivity contribution in [1.29, 1.82) is 0 Å². The summed E-state index contributed by atoms with van der Waals surface area (Å²) in [5, 5.41) is 2.73. The minimum Gasteiger partial charge on any atom is -0.454 e. The van der Waals surface area contributed by atoms with Crippen LogP contribution in [0.15, 0.2) is 48.5 Å². The summed E-state index contributed by atoms with van der Waals surface area (Å²) in [6.07, 6.45) is -1.13. The number of fused-ring (bicyclic) bond motifs is 1. The number of benzene rings is 2. The van der Waals surface area contributed by atoms with Gasteiger partial charge in [-0.05, 0) is 31.5 Å². The third-order valence-electron chi connectivity index (χ3n) is 4.72. The first-order valence-corrected chi connectivity index (χ1v) is 9.54. The van der Waals surface area contributed by atoms with E-state index < -0.39 is 24.7 Å². The van der Waals surface area contributed by atoms with E-state index in [2.05, 4.69) is 10.3 Å². The summed E-state index contributed by atoms with van der Waals surface area (Å²) >= 11 is 0. The highest BCUT2D eigenvalue weighted by Gasteiger charge is 2.26. The molecule has 0 unspecified atom stereocenters. The molecule has 0 spiro atoms. The number of hydrogen-bond donors (Lipinski definition) is 1. The van der Waals surface area contributed by atoms with E-state index in [0.29, 0.717) is 5.52 Å². The molecule has 0 fully saturated rings. The van der Waals surface area contributed by atoms with Gasteiger partial charge in [0.2, 0.25) is 5.91 Å². The quantitative estimate of drug-likeness (QED) is 0.572. The molecule has 0 radical (unpaired) electrons. The van der Waals surface area contributed by atoms with Crippen molar-refractivity contribution < 1.29 is 23.1 Å². The summed E-state index contributed by atoms with van der Waals surface area (Å²) in [5.74, 6) is -0.957. The van der Waals surface area contributed by atoms with Gasteiger partial charge in [0.1, 0.15) is 0 Å². The van der Waals surface area contributed by atoms with E-state index in [0.717, 1.165) is 15.7 Å². The number of aryl methyl sites for hydroxylation is 1. The zero-order valence-electron chi connectivity index (χ0n) is 16.9. The Bertz CT molecular complexity index is 1050. The predicted octanol–water partition coefficient (Wildman–Crippen LogP) is 4.61. The summed E-state index contributed by atoms with van der Waals surface area (Å²) in [4.78, 5) is 28.4. The Morgan fingerprint density at radius 1 is 1.13 bits per heavy atom. The maximum atomic E-state index is 13.6. The van der Waals surface area contributed by atoms with E-state index in [-0.39, 0.29) is 23.7 Å². The summed E-state index contributed by atoms with van der Waals surface area (Å²) in [6, 6.07) is 13.3. The van der Waals surface area contributed by atoms with Crippen molar-refractivity contribution in [3.05, 3.63) is 65.5 Å². The molecule has 1 heterocycles. The number of imidazole rings is 1. The van der Waals surface area contributed by atoms with Gasteiger partial charge in [-0.1, -0.05) is 42.0 Å². The molecule has 1 N–H and O–H groups in total. The van der Waals surface area contributed by atoms with Crippen molar-refractivity contribution in [2.24, 2.45) is 0 Å². The van der Waals surface area contributed by atoms with Crippen LogP contribution in [0.1, 0.15) is 55.9 Å². The summed E-state index contributed by atoms with van der Waals surface area (Å²) in [5.41, 5.74) is 2.45. The number of halogens is 2. The smallest absolute Gasteiger partial charge is 0.320 e. The van der Waals surface area contributed by atoms with Crippen LogP contribution in [0.4, 0.5) is 8.78 Å². The fraction of sp³-hybridized carbons (Fsp3) is 0.318. The van der Waals surface area contributed by atoms with Gasteiger partial charge < -0.3 is 10.1 Å². The van der Waals surface area contributed by atoms with Gasteiger partial charge in [-0.2, -0.15) is 8.78 Å². The number of ether oxygens (including phenoxy) is 1. The second kappa shape index (κ2) is 9.02. The van der Waals surface area contributed by atoms with Gasteiger partial charge in [0.25, 0.3) is 0 Å². The normalized spacial score (nSPS) is 13.3. The Morgan fingerprint density at radius 2 is 1.80 bits per heavy atom. The third kappa shape index (κ3) is 4.82. The molecule has 3 aromatic rings. The van der Waals surface area contributed by atoms with Crippen molar-refractivity contribution in [1.82, 2.24) is 14.9 Å². The van der Waals surface area contributed by atoms with Gasteiger partial charge in [-0.15, -0.1) is 0 Å². The monoisotopic (exact) mass is 415 g/mol. The molecule has 8 heteroatoms.